The van der Waals surface area contributed by atoms with Crippen LogP contribution in [0.2, 0.25) is 0 Å². The number of halogens is 4. The molecule has 1 fully saturated rings. The Morgan fingerprint density at radius 3 is 2.40 bits per heavy atom. The maximum Gasteiger partial charge on any atom is 0.410 e. The average Bonchev–Trinajstić information content (AvgIpc) is 2.42. The van der Waals surface area contributed by atoms with Gasteiger partial charge in [0.15, 0.2) is 0 Å². The van der Waals surface area contributed by atoms with E-state index in [0.29, 0.717) is 5.56 Å². The summed E-state index contributed by atoms with van der Waals surface area (Å²) in [6.07, 6.45) is -5.41. The summed E-state index contributed by atoms with van der Waals surface area (Å²) in [6.45, 7) is 5.80. The highest BCUT2D eigenvalue weighted by atomic mass is 19.4. The lowest BCUT2D eigenvalue weighted by atomic mass is 10.1. The van der Waals surface area contributed by atoms with Crippen LogP contribution in [-0.2, 0) is 4.74 Å². The van der Waals surface area contributed by atoms with Gasteiger partial charge >= 0.3 is 12.3 Å². The second-order valence-electron chi connectivity index (χ2n) is 7.00. The Labute approximate surface area is 143 Å². The topological polar surface area (TPSA) is 45.7 Å². The summed E-state index contributed by atoms with van der Waals surface area (Å²) in [6, 6.07) is 0.552. The van der Waals surface area contributed by atoms with Gasteiger partial charge in [-0.25, -0.2) is 9.78 Å². The molecule has 1 aliphatic heterocycles. The van der Waals surface area contributed by atoms with Crippen molar-refractivity contribution in [1.29, 1.82) is 0 Å². The van der Waals surface area contributed by atoms with E-state index >= 15 is 0 Å². The molecule has 2 heterocycles. The summed E-state index contributed by atoms with van der Waals surface area (Å²) >= 11 is 0. The first-order chi connectivity index (χ1) is 11.4. The standard InChI is InChI=1S/C16H21F4N3O2/c1-10-7-12(17)21-13(8-10)23-6-5-22(9-11(23)16(18,19)20)14(24)25-15(2,3)4/h7-8,11H,5-6,9H2,1-4H3. The van der Waals surface area contributed by atoms with Crippen LogP contribution in [0.1, 0.15) is 26.3 Å². The van der Waals surface area contributed by atoms with Crippen molar-refractivity contribution in [1.82, 2.24) is 9.88 Å². The van der Waals surface area contributed by atoms with E-state index in [9.17, 15) is 22.4 Å². The third-order valence-electron chi connectivity index (χ3n) is 3.63. The number of carbonyl (C=O) groups excluding carboxylic acids is 1. The molecule has 5 nitrogen and oxygen atoms in total. The number of carbonyl (C=O) groups is 1. The van der Waals surface area contributed by atoms with Crippen LogP contribution in [0.3, 0.4) is 0 Å². The molecular weight excluding hydrogens is 342 g/mol. The van der Waals surface area contributed by atoms with Crippen LogP contribution in [0.4, 0.5) is 28.2 Å². The van der Waals surface area contributed by atoms with Gasteiger partial charge in [-0.3, -0.25) is 0 Å². The molecule has 1 saturated heterocycles. The first kappa shape index (κ1) is 19.3. The Hall–Kier alpha value is -2.06. The van der Waals surface area contributed by atoms with E-state index < -0.39 is 36.4 Å². The Balaban J connectivity index is 2.25. The summed E-state index contributed by atoms with van der Waals surface area (Å²) in [5, 5.41) is 0. The molecule has 9 heteroatoms. The molecule has 0 saturated carbocycles. The van der Waals surface area contributed by atoms with Crippen molar-refractivity contribution < 1.29 is 27.1 Å². The number of aryl methyl sites for hydroxylation is 1. The highest BCUT2D eigenvalue weighted by Crippen LogP contribution is 2.31. The minimum atomic E-state index is -4.61. The van der Waals surface area contributed by atoms with Crippen molar-refractivity contribution in [2.45, 2.75) is 45.5 Å². The lowest BCUT2D eigenvalue weighted by Gasteiger charge is -2.42. The predicted octanol–water partition coefficient (Wildman–Crippen LogP) is 3.52. The van der Waals surface area contributed by atoms with Gasteiger partial charge in [0.1, 0.15) is 17.5 Å². The maximum atomic E-state index is 13.5. The summed E-state index contributed by atoms with van der Waals surface area (Å²) in [5.41, 5.74) is -0.332. The van der Waals surface area contributed by atoms with Crippen LogP contribution in [0.5, 0.6) is 0 Å². The van der Waals surface area contributed by atoms with Crippen molar-refractivity contribution in [3.63, 3.8) is 0 Å². The van der Waals surface area contributed by atoms with Gasteiger partial charge < -0.3 is 14.5 Å². The summed E-state index contributed by atoms with van der Waals surface area (Å²) < 4.78 is 59.2. The van der Waals surface area contributed by atoms with Gasteiger partial charge in [-0.1, -0.05) is 0 Å². The molecule has 1 aromatic rings. The van der Waals surface area contributed by atoms with Crippen molar-refractivity contribution in [2.75, 3.05) is 24.5 Å². The largest absolute Gasteiger partial charge is 0.444 e. The number of aromatic nitrogens is 1. The van der Waals surface area contributed by atoms with Crippen LogP contribution >= 0.6 is 0 Å². The lowest BCUT2D eigenvalue weighted by molar-refractivity contribution is -0.155. The van der Waals surface area contributed by atoms with Gasteiger partial charge in [-0.15, -0.1) is 0 Å². The number of hydrogen-bond acceptors (Lipinski definition) is 4. The zero-order valence-corrected chi connectivity index (χ0v) is 14.5. The molecule has 1 amide bonds. The number of ether oxygens (including phenoxy) is 1. The highest BCUT2D eigenvalue weighted by Gasteiger charge is 2.48. The third kappa shape index (κ3) is 4.96. The summed E-state index contributed by atoms with van der Waals surface area (Å²) in [5.74, 6) is -0.936. The van der Waals surface area contributed by atoms with E-state index in [2.05, 4.69) is 4.98 Å². The number of amides is 1. The number of hydrogen-bond donors (Lipinski definition) is 0. The SMILES string of the molecule is Cc1cc(F)nc(N2CCN(C(=O)OC(C)(C)C)CC2C(F)(F)F)c1. The quantitative estimate of drug-likeness (QED) is 0.566. The normalized spacial score (nSPS) is 19.1. The summed E-state index contributed by atoms with van der Waals surface area (Å²) in [4.78, 5) is 17.7. The number of nitrogens with zero attached hydrogens (tertiary/aromatic N) is 3. The van der Waals surface area contributed by atoms with Crippen LogP contribution in [0.25, 0.3) is 0 Å². The van der Waals surface area contributed by atoms with E-state index in [1.54, 1.807) is 27.7 Å². The first-order valence-corrected chi connectivity index (χ1v) is 7.82. The molecule has 0 N–H and O–H groups in total. The van der Waals surface area contributed by atoms with E-state index in [4.69, 9.17) is 4.74 Å². The summed E-state index contributed by atoms with van der Waals surface area (Å²) in [7, 11) is 0. The van der Waals surface area contributed by atoms with Crippen molar-refractivity contribution in [3.8, 4) is 0 Å². The first-order valence-electron chi connectivity index (χ1n) is 7.82. The van der Waals surface area contributed by atoms with E-state index in [-0.39, 0.29) is 18.9 Å². The molecule has 0 spiro atoms. The molecule has 1 atom stereocenters. The molecule has 1 unspecified atom stereocenters. The molecule has 140 valence electrons. The molecule has 1 aromatic heterocycles. The Bertz CT molecular complexity index is 623. The zero-order chi connectivity index (χ0) is 19.0. The molecule has 0 aromatic carbocycles. The second-order valence-corrected chi connectivity index (χ2v) is 7.00. The number of pyridine rings is 1. The average molecular weight is 363 g/mol. The molecule has 0 bridgehead atoms. The van der Waals surface area contributed by atoms with Gasteiger partial charge in [0.05, 0.1) is 6.54 Å². The zero-order valence-electron chi connectivity index (χ0n) is 14.5. The molecule has 25 heavy (non-hydrogen) atoms. The van der Waals surface area contributed by atoms with Crippen LogP contribution in [0, 0.1) is 12.9 Å². The third-order valence-corrected chi connectivity index (χ3v) is 3.63. The van der Waals surface area contributed by atoms with Crippen molar-refractivity contribution in [2.24, 2.45) is 0 Å². The van der Waals surface area contributed by atoms with Crippen LogP contribution in [0.15, 0.2) is 12.1 Å². The van der Waals surface area contributed by atoms with Crippen molar-refractivity contribution >= 4 is 11.9 Å². The minimum Gasteiger partial charge on any atom is -0.444 e. The Morgan fingerprint density at radius 1 is 1.24 bits per heavy atom. The minimum absolute atomic E-state index is 0.0265. The number of alkyl halides is 3. The van der Waals surface area contributed by atoms with Gasteiger partial charge in [0, 0.05) is 13.1 Å². The van der Waals surface area contributed by atoms with Crippen LogP contribution < -0.4 is 4.90 Å². The number of rotatable bonds is 1. The fourth-order valence-corrected chi connectivity index (χ4v) is 2.58. The van der Waals surface area contributed by atoms with Crippen molar-refractivity contribution in [3.05, 3.63) is 23.6 Å². The molecular formula is C16H21F4N3O2. The van der Waals surface area contributed by atoms with E-state index in [0.717, 1.165) is 15.9 Å². The Kier molecular flexibility index (Phi) is 5.15. The monoisotopic (exact) mass is 363 g/mol. The Morgan fingerprint density at radius 2 is 1.88 bits per heavy atom. The van der Waals surface area contributed by atoms with E-state index in [1.165, 1.54) is 6.07 Å². The fourth-order valence-electron chi connectivity index (χ4n) is 2.58. The predicted molar refractivity (Wildman–Crippen MR) is 83.9 cm³/mol. The molecule has 1 aliphatic rings. The molecule has 0 aliphatic carbocycles. The second kappa shape index (κ2) is 6.68. The fraction of sp³-hybridized carbons (Fsp3) is 0.625. The highest BCUT2D eigenvalue weighted by molar-refractivity contribution is 5.68. The number of piperazine rings is 1. The lowest BCUT2D eigenvalue weighted by Crippen LogP contribution is -2.61. The molecule has 2 rings (SSSR count). The number of anilines is 1. The van der Waals surface area contributed by atoms with E-state index in [1.807, 2.05) is 0 Å². The smallest absolute Gasteiger partial charge is 0.410 e. The van der Waals surface area contributed by atoms with Gasteiger partial charge in [-0.05, 0) is 45.4 Å². The van der Waals surface area contributed by atoms with Gasteiger partial charge in [0.25, 0.3) is 0 Å². The van der Waals surface area contributed by atoms with Crippen LogP contribution in [-0.4, -0.2) is 53.4 Å². The molecule has 0 radical (unpaired) electrons. The van der Waals surface area contributed by atoms with Gasteiger partial charge in [-0.2, -0.15) is 17.6 Å². The van der Waals surface area contributed by atoms with Gasteiger partial charge in [0.2, 0.25) is 5.95 Å². The maximum absolute atomic E-state index is 13.5.